The van der Waals surface area contributed by atoms with E-state index in [1.165, 1.54) is 11.1 Å². The van der Waals surface area contributed by atoms with Gasteiger partial charge in [0, 0.05) is 30.1 Å². The van der Waals surface area contributed by atoms with E-state index in [0.717, 1.165) is 67.4 Å². The van der Waals surface area contributed by atoms with Gasteiger partial charge in [-0.2, -0.15) is 4.98 Å². The summed E-state index contributed by atoms with van der Waals surface area (Å²) in [6.45, 7) is 7.31. The van der Waals surface area contributed by atoms with Gasteiger partial charge in [-0.25, -0.2) is 4.98 Å². The van der Waals surface area contributed by atoms with Crippen LogP contribution in [0.15, 0.2) is 42.6 Å². The lowest BCUT2D eigenvalue weighted by Gasteiger charge is -2.26. The molecule has 37 heavy (non-hydrogen) atoms. The maximum atomic E-state index is 12.9. The van der Waals surface area contributed by atoms with Gasteiger partial charge in [0.2, 0.25) is 5.95 Å². The first-order valence-corrected chi connectivity index (χ1v) is 15.9. The number of aliphatic hydroxyl groups is 1. The molecule has 0 radical (unpaired) electrons. The van der Waals surface area contributed by atoms with Gasteiger partial charge in [-0.15, -0.1) is 0 Å². The summed E-state index contributed by atoms with van der Waals surface area (Å²) in [6, 6.07) is 12.8. The SMILES string of the molecule is Cc1ccc(Nc2nc(Nc3ccc4c(c3)CC[C@@H](N3CC[C@H](O)C3)CC4)ncc2Cl)c(P(C)(C)=O)c1. The lowest BCUT2D eigenvalue weighted by molar-refractivity contribution is 0.153. The van der Waals surface area contributed by atoms with E-state index < -0.39 is 7.14 Å². The van der Waals surface area contributed by atoms with Crippen LogP contribution in [0.4, 0.5) is 23.1 Å². The molecule has 0 saturated carbocycles. The number of anilines is 4. The number of nitrogens with one attached hydrogen (secondary N) is 2. The van der Waals surface area contributed by atoms with E-state index in [0.29, 0.717) is 22.8 Å². The van der Waals surface area contributed by atoms with E-state index in [-0.39, 0.29) is 6.10 Å². The van der Waals surface area contributed by atoms with Crippen LogP contribution in [0.25, 0.3) is 0 Å². The zero-order valence-corrected chi connectivity index (χ0v) is 23.3. The molecule has 2 aromatic carbocycles. The molecule has 9 heteroatoms. The highest BCUT2D eigenvalue weighted by molar-refractivity contribution is 7.70. The van der Waals surface area contributed by atoms with Crippen molar-refractivity contribution >= 4 is 47.2 Å². The summed E-state index contributed by atoms with van der Waals surface area (Å²) in [5.41, 5.74) is 5.46. The second kappa shape index (κ2) is 10.7. The molecule has 0 spiro atoms. The summed E-state index contributed by atoms with van der Waals surface area (Å²) in [5.74, 6) is 0.900. The molecule has 2 atom stereocenters. The van der Waals surface area contributed by atoms with Crippen LogP contribution in [0, 0.1) is 6.92 Å². The molecule has 1 aliphatic carbocycles. The van der Waals surface area contributed by atoms with Crippen LogP contribution in [0.1, 0.15) is 36.0 Å². The molecule has 0 amide bonds. The quantitative estimate of drug-likeness (QED) is 0.282. The van der Waals surface area contributed by atoms with Gasteiger partial charge in [-0.3, -0.25) is 4.90 Å². The normalized spacial score (nSPS) is 20.4. The van der Waals surface area contributed by atoms with E-state index in [4.69, 9.17) is 11.6 Å². The summed E-state index contributed by atoms with van der Waals surface area (Å²) >= 11 is 6.43. The van der Waals surface area contributed by atoms with Crippen molar-refractivity contribution in [3.8, 4) is 0 Å². The number of likely N-dealkylation sites (tertiary alicyclic amines) is 1. The summed E-state index contributed by atoms with van der Waals surface area (Å²) in [6.07, 6.45) is 6.58. The Kier molecular flexibility index (Phi) is 7.60. The minimum Gasteiger partial charge on any atom is -0.392 e. The maximum Gasteiger partial charge on any atom is 0.229 e. The number of nitrogens with zero attached hydrogens (tertiary/aromatic N) is 3. The molecule has 1 fully saturated rings. The number of aromatic nitrogens is 2. The molecule has 1 saturated heterocycles. The number of benzene rings is 2. The number of aryl methyl sites for hydroxylation is 3. The van der Waals surface area contributed by atoms with Crippen LogP contribution >= 0.6 is 18.7 Å². The van der Waals surface area contributed by atoms with Crippen molar-refractivity contribution in [3.63, 3.8) is 0 Å². The van der Waals surface area contributed by atoms with Gasteiger partial charge in [0.15, 0.2) is 5.82 Å². The van der Waals surface area contributed by atoms with Crippen molar-refractivity contribution in [2.24, 2.45) is 0 Å². The Morgan fingerprint density at radius 2 is 1.84 bits per heavy atom. The first kappa shape index (κ1) is 26.2. The van der Waals surface area contributed by atoms with Gasteiger partial charge < -0.3 is 20.3 Å². The Morgan fingerprint density at radius 1 is 1.05 bits per heavy atom. The van der Waals surface area contributed by atoms with E-state index in [1.807, 2.05) is 25.1 Å². The number of halogens is 1. The molecule has 1 aliphatic heterocycles. The van der Waals surface area contributed by atoms with E-state index in [1.54, 1.807) is 19.5 Å². The summed E-state index contributed by atoms with van der Waals surface area (Å²) < 4.78 is 12.9. The molecule has 196 valence electrons. The molecular weight excluding hydrogens is 505 g/mol. The van der Waals surface area contributed by atoms with Crippen LogP contribution in [0.3, 0.4) is 0 Å². The molecule has 3 N–H and O–H groups in total. The minimum atomic E-state index is -2.51. The first-order valence-electron chi connectivity index (χ1n) is 12.9. The fraction of sp³-hybridized carbons (Fsp3) is 0.429. The van der Waals surface area contributed by atoms with E-state index >= 15 is 0 Å². The summed E-state index contributed by atoms with van der Waals surface area (Å²) in [7, 11) is -2.51. The van der Waals surface area contributed by atoms with Crippen molar-refractivity contribution in [3.05, 3.63) is 64.3 Å². The second-order valence-electron chi connectivity index (χ2n) is 10.7. The van der Waals surface area contributed by atoms with Crippen molar-refractivity contribution < 1.29 is 9.67 Å². The molecule has 2 heterocycles. The Hall–Kier alpha value is -2.44. The molecule has 1 aromatic heterocycles. The van der Waals surface area contributed by atoms with Gasteiger partial charge in [-0.05, 0) is 87.7 Å². The van der Waals surface area contributed by atoms with Gasteiger partial charge >= 0.3 is 0 Å². The smallest absolute Gasteiger partial charge is 0.229 e. The average Bonchev–Trinajstić information content (AvgIpc) is 3.17. The zero-order valence-electron chi connectivity index (χ0n) is 21.7. The minimum absolute atomic E-state index is 0.175. The highest BCUT2D eigenvalue weighted by Gasteiger charge is 2.28. The fourth-order valence-electron chi connectivity index (χ4n) is 5.40. The predicted octanol–water partition coefficient (Wildman–Crippen LogP) is 5.49. The lowest BCUT2D eigenvalue weighted by atomic mass is 10.0. The zero-order chi connectivity index (χ0) is 26.2. The Morgan fingerprint density at radius 3 is 2.57 bits per heavy atom. The summed E-state index contributed by atoms with van der Waals surface area (Å²) in [5, 5.41) is 17.7. The topological polar surface area (TPSA) is 90.4 Å². The highest BCUT2D eigenvalue weighted by Crippen LogP contribution is 2.39. The third-order valence-corrected chi connectivity index (χ3v) is 9.20. The number of rotatable bonds is 6. The number of β-amino-alcohol motifs (C(OH)–C–C–N with tert-alkyl or cyclic N) is 1. The molecule has 5 rings (SSSR count). The largest absolute Gasteiger partial charge is 0.392 e. The summed E-state index contributed by atoms with van der Waals surface area (Å²) in [4.78, 5) is 11.5. The number of fused-ring (bicyclic) bond motifs is 1. The third kappa shape index (κ3) is 6.18. The van der Waals surface area contributed by atoms with Gasteiger partial charge in [-0.1, -0.05) is 29.3 Å². The van der Waals surface area contributed by atoms with Crippen LogP contribution in [0.5, 0.6) is 0 Å². The van der Waals surface area contributed by atoms with E-state index in [2.05, 4.69) is 43.7 Å². The Labute approximate surface area is 224 Å². The monoisotopic (exact) mass is 539 g/mol. The second-order valence-corrected chi connectivity index (χ2v) is 14.3. The van der Waals surface area contributed by atoms with Crippen LogP contribution in [-0.4, -0.2) is 58.5 Å². The molecular formula is C28H35ClN5O2P. The Balaban J connectivity index is 1.32. The molecule has 0 bridgehead atoms. The van der Waals surface area contributed by atoms with Crippen LogP contribution in [0.2, 0.25) is 5.02 Å². The predicted molar refractivity (Wildman–Crippen MR) is 153 cm³/mol. The average molecular weight is 540 g/mol. The van der Waals surface area contributed by atoms with Crippen LogP contribution in [-0.2, 0) is 17.4 Å². The van der Waals surface area contributed by atoms with Crippen molar-refractivity contribution in [2.75, 3.05) is 37.1 Å². The number of hydrogen-bond donors (Lipinski definition) is 3. The maximum absolute atomic E-state index is 12.9. The number of aliphatic hydroxyl groups excluding tert-OH is 1. The molecule has 0 unspecified atom stereocenters. The van der Waals surface area contributed by atoms with Crippen molar-refractivity contribution in [1.29, 1.82) is 0 Å². The van der Waals surface area contributed by atoms with E-state index in [9.17, 15) is 9.67 Å². The highest BCUT2D eigenvalue weighted by atomic mass is 35.5. The van der Waals surface area contributed by atoms with Crippen molar-refractivity contribution in [1.82, 2.24) is 14.9 Å². The van der Waals surface area contributed by atoms with Crippen LogP contribution < -0.4 is 15.9 Å². The molecule has 7 nitrogen and oxygen atoms in total. The molecule has 2 aliphatic rings. The fourth-order valence-corrected chi connectivity index (χ4v) is 6.76. The molecule has 3 aromatic rings. The standard InChI is InChI=1S/C28H35ClN5O2P/c1-18-4-11-25(26(14-18)37(2,3)36)32-27-24(29)16-30-28(33-27)31-21-8-5-19-6-9-22(10-7-20(19)15-21)34-13-12-23(35)17-34/h4-5,8,11,14-16,22-23,35H,6-7,9-10,12-13,17H2,1-3H3,(H2,30,31,32,33)/t22-,23-/m0/s1. The first-order chi connectivity index (χ1) is 17.7. The lowest BCUT2D eigenvalue weighted by Crippen LogP contribution is -2.34. The van der Waals surface area contributed by atoms with Gasteiger partial charge in [0.05, 0.1) is 18.0 Å². The number of hydrogen-bond acceptors (Lipinski definition) is 7. The van der Waals surface area contributed by atoms with Gasteiger partial charge in [0.1, 0.15) is 12.2 Å². The third-order valence-electron chi connectivity index (χ3n) is 7.40. The van der Waals surface area contributed by atoms with Gasteiger partial charge in [0.25, 0.3) is 0 Å². The Bertz CT molecular complexity index is 1340. The van der Waals surface area contributed by atoms with Crippen molar-refractivity contribution in [2.45, 2.75) is 51.2 Å².